The van der Waals surface area contributed by atoms with E-state index >= 15 is 0 Å². The van der Waals surface area contributed by atoms with Crippen LogP contribution in [0.15, 0.2) is 48.5 Å². The van der Waals surface area contributed by atoms with Gasteiger partial charge in [-0.25, -0.2) is 8.42 Å². The van der Waals surface area contributed by atoms with Gasteiger partial charge in [0.25, 0.3) is 5.91 Å². The molecular weight excluding hydrogens is 378 g/mol. The van der Waals surface area contributed by atoms with Crippen LogP contribution in [0.25, 0.3) is 0 Å². The lowest BCUT2D eigenvalue weighted by atomic mass is 10.1. The van der Waals surface area contributed by atoms with Gasteiger partial charge in [-0.1, -0.05) is 24.3 Å². The molecule has 0 spiro atoms. The fourth-order valence-electron chi connectivity index (χ4n) is 3.06. The Morgan fingerprint density at radius 1 is 1.04 bits per heavy atom. The number of likely N-dealkylation sites (N-methyl/N-ethyl adjacent to an activating group) is 1. The lowest BCUT2D eigenvalue weighted by Crippen LogP contribution is -2.47. The van der Waals surface area contributed by atoms with E-state index in [9.17, 15) is 13.2 Å². The predicted molar refractivity (Wildman–Crippen MR) is 109 cm³/mol. The smallest absolute Gasteiger partial charge is 0.255 e. The van der Waals surface area contributed by atoms with Crippen molar-refractivity contribution >= 4 is 21.6 Å². The zero-order valence-corrected chi connectivity index (χ0v) is 16.9. The molecule has 8 heteroatoms. The first-order valence-corrected chi connectivity index (χ1v) is 10.7. The maximum atomic E-state index is 12.6. The maximum absolute atomic E-state index is 12.6. The molecule has 150 valence electrons. The molecule has 28 heavy (non-hydrogen) atoms. The summed E-state index contributed by atoms with van der Waals surface area (Å²) in [4.78, 5) is 14.6. The molecule has 0 unspecified atom stereocenters. The van der Waals surface area contributed by atoms with E-state index in [4.69, 9.17) is 4.74 Å². The lowest BCUT2D eigenvalue weighted by Gasteiger charge is -2.31. The van der Waals surface area contributed by atoms with Crippen LogP contribution in [0.1, 0.15) is 15.9 Å². The maximum Gasteiger partial charge on any atom is 0.255 e. The van der Waals surface area contributed by atoms with Crippen molar-refractivity contribution < 1.29 is 17.9 Å². The number of rotatable bonds is 6. The highest BCUT2D eigenvalue weighted by atomic mass is 32.2. The monoisotopic (exact) mass is 403 g/mol. The SMILES string of the molecule is COc1ccccc1NC(=O)c1ccc(CS(=O)(=O)N2CCN(C)CC2)cc1. The Labute approximate surface area is 166 Å². The standard InChI is InChI=1S/C20H25N3O4S/c1-22-11-13-23(14-12-22)28(25,26)15-16-7-9-17(10-8-16)20(24)21-18-5-3-4-6-19(18)27-2/h3-10H,11-15H2,1-2H3,(H,21,24). The van der Waals surface area contributed by atoms with Gasteiger partial charge in [-0.3, -0.25) is 4.79 Å². The normalized spacial score (nSPS) is 15.9. The molecule has 1 fully saturated rings. The first-order valence-electron chi connectivity index (χ1n) is 9.09. The first kappa shape index (κ1) is 20.3. The van der Waals surface area contributed by atoms with E-state index in [-0.39, 0.29) is 11.7 Å². The van der Waals surface area contributed by atoms with Crippen LogP contribution < -0.4 is 10.1 Å². The van der Waals surface area contributed by atoms with E-state index in [2.05, 4.69) is 10.2 Å². The van der Waals surface area contributed by atoms with Crippen molar-refractivity contribution in [3.8, 4) is 5.75 Å². The Hall–Kier alpha value is -2.42. The molecule has 1 aliphatic heterocycles. The molecule has 0 radical (unpaired) electrons. The number of nitrogens with one attached hydrogen (secondary N) is 1. The Bertz CT molecular complexity index is 921. The number of para-hydroxylation sites is 2. The van der Waals surface area contributed by atoms with Crippen molar-refractivity contribution in [1.29, 1.82) is 0 Å². The Morgan fingerprint density at radius 3 is 2.32 bits per heavy atom. The Balaban J connectivity index is 1.65. The summed E-state index contributed by atoms with van der Waals surface area (Å²) < 4.78 is 32.0. The third-order valence-corrected chi connectivity index (χ3v) is 6.63. The number of hydrogen-bond acceptors (Lipinski definition) is 5. The summed E-state index contributed by atoms with van der Waals surface area (Å²) in [5.41, 5.74) is 1.69. The second-order valence-corrected chi connectivity index (χ2v) is 8.78. The largest absolute Gasteiger partial charge is 0.495 e. The van der Waals surface area contributed by atoms with Gasteiger partial charge in [0, 0.05) is 31.7 Å². The summed E-state index contributed by atoms with van der Waals surface area (Å²) in [5.74, 6) is 0.231. The van der Waals surface area contributed by atoms with Gasteiger partial charge >= 0.3 is 0 Å². The number of benzene rings is 2. The van der Waals surface area contributed by atoms with Crippen LogP contribution in [0.5, 0.6) is 5.75 Å². The summed E-state index contributed by atoms with van der Waals surface area (Å²) in [7, 11) is 0.166. The van der Waals surface area contributed by atoms with E-state index < -0.39 is 10.0 Å². The molecule has 7 nitrogen and oxygen atoms in total. The summed E-state index contributed by atoms with van der Waals surface area (Å²) >= 11 is 0. The van der Waals surface area contributed by atoms with Gasteiger partial charge in [0.05, 0.1) is 18.6 Å². The molecule has 1 N–H and O–H groups in total. The Morgan fingerprint density at radius 2 is 1.68 bits per heavy atom. The van der Waals surface area contributed by atoms with Crippen molar-refractivity contribution in [2.75, 3.05) is 45.7 Å². The molecule has 0 aromatic heterocycles. The van der Waals surface area contributed by atoms with Crippen LogP contribution >= 0.6 is 0 Å². The number of piperazine rings is 1. The second-order valence-electron chi connectivity index (χ2n) is 6.81. The number of ether oxygens (including phenoxy) is 1. The minimum Gasteiger partial charge on any atom is -0.495 e. The van der Waals surface area contributed by atoms with Crippen LogP contribution in [0, 0.1) is 0 Å². The number of carbonyl (C=O) groups is 1. The fourth-order valence-corrected chi connectivity index (χ4v) is 4.58. The zero-order valence-electron chi connectivity index (χ0n) is 16.1. The number of anilines is 1. The third-order valence-electron chi connectivity index (χ3n) is 4.78. The van der Waals surface area contributed by atoms with Crippen LogP contribution in [-0.2, 0) is 15.8 Å². The quantitative estimate of drug-likeness (QED) is 0.798. The van der Waals surface area contributed by atoms with E-state index in [0.29, 0.717) is 35.7 Å². The van der Waals surface area contributed by atoms with Crippen LogP contribution in [0.3, 0.4) is 0 Å². The average molecular weight is 404 g/mol. The second kappa shape index (κ2) is 8.72. The third kappa shape index (κ3) is 4.89. The van der Waals surface area contributed by atoms with E-state index in [1.54, 1.807) is 43.5 Å². The molecule has 0 atom stereocenters. The van der Waals surface area contributed by atoms with Crippen molar-refractivity contribution in [2.45, 2.75) is 5.75 Å². The van der Waals surface area contributed by atoms with Crippen molar-refractivity contribution in [2.24, 2.45) is 0 Å². The minimum absolute atomic E-state index is 0.0644. The number of carbonyl (C=O) groups excluding carboxylic acids is 1. The average Bonchev–Trinajstić information content (AvgIpc) is 2.69. The molecule has 2 aromatic carbocycles. The summed E-state index contributed by atoms with van der Waals surface area (Å²) in [5, 5.41) is 2.81. The van der Waals surface area contributed by atoms with Crippen LogP contribution in [0.2, 0.25) is 0 Å². The molecule has 3 rings (SSSR count). The molecule has 1 amide bonds. The highest BCUT2D eigenvalue weighted by Gasteiger charge is 2.25. The van der Waals surface area contributed by atoms with Crippen LogP contribution in [0.4, 0.5) is 5.69 Å². The number of sulfonamides is 1. The lowest BCUT2D eigenvalue weighted by molar-refractivity contribution is 0.102. The van der Waals surface area contributed by atoms with Gasteiger partial charge in [-0.05, 0) is 36.9 Å². The molecule has 0 bridgehead atoms. The number of nitrogens with zero attached hydrogens (tertiary/aromatic N) is 2. The van der Waals surface area contributed by atoms with Crippen molar-refractivity contribution in [3.05, 3.63) is 59.7 Å². The van der Waals surface area contributed by atoms with E-state index in [1.807, 2.05) is 19.2 Å². The zero-order chi connectivity index (χ0) is 20.1. The minimum atomic E-state index is -3.36. The summed E-state index contributed by atoms with van der Waals surface area (Å²) in [6.45, 7) is 2.50. The van der Waals surface area contributed by atoms with Crippen molar-refractivity contribution in [1.82, 2.24) is 9.21 Å². The van der Waals surface area contributed by atoms with Gasteiger partial charge in [-0.15, -0.1) is 0 Å². The molecule has 1 aliphatic rings. The van der Waals surface area contributed by atoms with E-state index in [1.165, 1.54) is 4.31 Å². The highest BCUT2D eigenvalue weighted by Crippen LogP contribution is 2.24. The molecular formula is C20H25N3O4S. The van der Waals surface area contributed by atoms with Gasteiger partial charge in [-0.2, -0.15) is 4.31 Å². The van der Waals surface area contributed by atoms with Crippen LogP contribution in [-0.4, -0.2) is 63.9 Å². The fraction of sp³-hybridized carbons (Fsp3) is 0.350. The summed E-state index contributed by atoms with van der Waals surface area (Å²) in [6.07, 6.45) is 0. The molecule has 0 aliphatic carbocycles. The molecule has 1 saturated heterocycles. The van der Waals surface area contributed by atoms with Gasteiger partial charge in [0.15, 0.2) is 0 Å². The predicted octanol–water partition coefficient (Wildman–Crippen LogP) is 2.02. The molecule has 1 heterocycles. The topological polar surface area (TPSA) is 78.9 Å². The molecule has 0 saturated carbocycles. The number of hydrogen-bond donors (Lipinski definition) is 1. The highest BCUT2D eigenvalue weighted by molar-refractivity contribution is 7.88. The Kier molecular flexibility index (Phi) is 6.33. The number of methoxy groups -OCH3 is 1. The van der Waals surface area contributed by atoms with Crippen molar-refractivity contribution in [3.63, 3.8) is 0 Å². The van der Waals surface area contributed by atoms with Gasteiger partial charge in [0.1, 0.15) is 5.75 Å². The first-order chi connectivity index (χ1) is 13.4. The molecule has 2 aromatic rings. The number of amides is 1. The van der Waals surface area contributed by atoms with Gasteiger partial charge in [0.2, 0.25) is 10.0 Å². The van der Waals surface area contributed by atoms with Gasteiger partial charge < -0.3 is 15.0 Å². The van der Waals surface area contributed by atoms with E-state index in [0.717, 1.165) is 13.1 Å². The summed E-state index contributed by atoms with van der Waals surface area (Å²) in [6, 6.07) is 13.8.